The molecule has 0 aliphatic heterocycles. The molecule has 0 heterocycles. The Balaban J connectivity index is 3.00. The van der Waals surface area contributed by atoms with Crippen molar-refractivity contribution >= 4 is 17.3 Å². The molecule has 0 spiro atoms. The van der Waals surface area contributed by atoms with Gasteiger partial charge in [0, 0.05) is 23.2 Å². The SMILES string of the molecule is O=[N+]([O-])c1c[c]c(Cl)cc1. The van der Waals surface area contributed by atoms with Crippen LogP contribution in [0.5, 0.6) is 0 Å². The first-order valence-electron chi connectivity index (χ1n) is 2.52. The van der Waals surface area contributed by atoms with Crippen LogP contribution in [0, 0.1) is 16.2 Å². The second kappa shape index (κ2) is 2.66. The predicted molar refractivity (Wildman–Crippen MR) is 36.9 cm³/mol. The summed E-state index contributed by atoms with van der Waals surface area (Å²) < 4.78 is 0. The molecular formula is C6H3ClNO2. The van der Waals surface area contributed by atoms with Gasteiger partial charge in [0.2, 0.25) is 0 Å². The van der Waals surface area contributed by atoms with Gasteiger partial charge in [-0.05, 0) is 6.07 Å². The van der Waals surface area contributed by atoms with E-state index >= 15 is 0 Å². The molecule has 10 heavy (non-hydrogen) atoms. The van der Waals surface area contributed by atoms with Crippen LogP contribution in [-0.4, -0.2) is 4.92 Å². The molecule has 0 amide bonds. The third-order valence-electron chi connectivity index (χ3n) is 0.969. The van der Waals surface area contributed by atoms with Crippen molar-refractivity contribution < 1.29 is 4.92 Å². The van der Waals surface area contributed by atoms with Crippen LogP contribution in [0.15, 0.2) is 18.2 Å². The monoisotopic (exact) mass is 156 g/mol. The lowest BCUT2D eigenvalue weighted by atomic mass is 10.3. The minimum Gasteiger partial charge on any atom is -0.258 e. The number of rotatable bonds is 1. The third kappa shape index (κ3) is 1.45. The van der Waals surface area contributed by atoms with Crippen molar-refractivity contribution in [3.8, 4) is 0 Å². The average molecular weight is 157 g/mol. The van der Waals surface area contributed by atoms with Crippen molar-refractivity contribution in [3.05, 3.63) is 39.4 Å². The highest BCUT2D eigenvalue weighted by atomic mass is 35.5. The van der Waals surface area contributed by atoms with Gasteiger partial charge in [0.15, 0.2) is 0 Å². The van der Waals surface area contributed by atoms with Gasteiger partial charge in [0.1, 0.15) is 0 Å². The van der Waals surface area contributed by atoms with E-state index in [1.807, 2.05) is 0 Å². The number of hydrogen-bond donors (Lipinski definition) is 0. The fourth-order valence-corrected chi connectivity index (χ4v) is 0.629. The zero-order valence-corrected chi connectivity index (χ0v) is 5.63. The van der Waals surface area contributed by atoms with Gasteiger partial charge >= 0.3 is 0 Å². The Morgan fingerprint density at radius 3 is 2.70 bits per heavy atom. The van der Waals surface area contributed by atoms with Crippen LogP contribution in [0.25, 0.3) is 0 Å². The summed E-state index contributed by atoms with van der Waals surface area (Å²) in [4.78, 5) is 9.56. The lowest BCUT2D eigenvalue weighted by Crippen LogP contribution is -1.85. The molecule has 1 rings (SSSR count). The smallest absolute Gasteiger partial charge is 0.258 e. The summed E-state index contributed by atoms with van der Waals surface area (Å²) in [7, 11) is 0. The molecule has 0 unspecified atom stereocenters. The van der Waals surface area contributed by atoms with Gasteiger partial charge in [-0.25, -0.2) is 0 Å². The zero-order valence-electron chi connectivity index (χ0n) is 4.87. The number of nitrogens with zero attached hydrogens (tertiary/aromatic N) is 1. The maximum atomic E-state index is 10.1. The van der Waals surface area contributed by atoms with Gasteiger partial charge in [-0.1, -0.05) is 11.6 Å². The van der Waals surface area contributed by atoms with Gasteiger partial charge in [0.25, 0.3) is 5.69 Å². The molecule has 0 saturated carbocycles. The Morgan fingerprint density at radius 2 is 2.30 bits per heavy atom. The van der Waals surface area contributed by atoms with Crippen molar-refractivity contribution in [2.24, 2.45) is 0 Å². The van der Waals surface area contributed by atoms with Crippen LogP contribution in [0.3, 0.4) is 0 Å². The standard InChI is InChI=1S/C6H3ClNO2/c7-5-1-3-6(4-2-5)8(9)10/h1,3-4H. The van der Waals surface area contributed by atoms with Gasteiger partial charge in [-0.2, -0.15) is 0 Å². The first-order chi connectivity index (χ1) is 4.70. The van der Waals surface area contributed by atoms with Crippen molar-refractivity contribution in [1.82, 2.24) is 0 Å². The second-order valence-corrected chi connectivity index (χ2v) is 2.06. The lowest BCUT2D eigenvalue weighted by molar-refractivity contribution is -0.384. The van der Waals surface area contributed by atoms with Crippen molar-refractivity contribution in [3.63, 3.8) is 0 Å². The molecule has 0 aliphatic carbocycles. The third-order valence-corrected chi connectivity index (χ3v) is 1.20. The minimum atomic E-state index is -0.493. The van der Waals surface area contributed by atoms with Gasteiger partial charge in [0.05, 0.1) is 4.92 Å². The number of nitro benzene ring substituents is 1. The quantitative estimate of drug-likeness (QED) is 0.461. The highest BCUT2D eigenvalue weighted by molar-refractivity contribution is 6.30. The molecular weight excluding hydrogens is 154 g/mol. The Bertz CT molecular complexity index is 244. The van der Waals surface area contributed by atoms with E-state index in [-0.39, 0.29) is 5.69 Å². The summed E-state index contributed by atoms with van der Waals surface area (Å²) in [6.45, 7) is 0. The van der Waals surface area contributed by atoms with Crippen LogP contribution in [-0.2, 0) is 0 Å². The molecule has 3 nitrogen and oxygen atoms in total. The van der Waals surface area contributed by atoms with Gasteiger partial charge in [-0.15, -0.1) is 0 Å². The summed E-state index contributed by atoms with van der Waals surface area (Å²) in [6.07, 6.45) is 0. The van der Waals surface area contributed by atoms with E-state index in [4.69, 9.17) is 11.6 Å². The molecule has 4 heteroatoms. The maximum absolute atomic E-state index is 10.1. The largest absolute Gasteiger partial charge is 0.270 e. The summed E-state index contributed by atoms with van der Waals surface area (Å²) in [6, 6.07) is 6.51. The summed E-state index contributed by atoms with van der Waals surface area (Å²) in [5.74, 6) is 0. The van der Waals surface area contributed by atoms with E-state index in [2.05, 4.69) is 6.07 Å². The average Bonchev–Trinajstić information content (AvgIpc) is 1.88. The maximum Gasteiger partial charge on any atom is 0.270 e. The summed E-state index contributed by atoms with van der Waals surface area (Å²) >= 11 is 5.44. The van der Waals surface area contributed by atoms with Crippen molar-refractivity contribution in [1.29, 1.82) is 0 Å². The van der Waals surface area contributed by atoms with E-state index in [1.165, 1.54) is 18.2 Å². The van der Waals surface area contributed by atoms with E-state index in [9.17, 15) is 10.1 Å². The topological polar surface area (TPSA) is 43.1 Å². The molecule has 0 aliphatic rings. The molecule has 0 fully saturated rings. The van der Waals surface area contributed by atoms with Crippen molar-refractivity contribution in [2.75, 3.05) is 0 Å². The molecule has 51 valence electrons. The van der Waals surface area contributed by atoms with Crippen LogP contribution in [0.2, 0.25) is 5.02 Å². The Morgan fingerprint density at radius 1 is 1.60 bits per heavy atom. The van der Waals surface area contributed by atoms with E-state index < -0.39 is 4.92 Å². The predicted octanol–water partition coefficient (Wildman–Crippen LogP) is 2.05. The van der Waals surface area contributed by atoms with Crippen LogP contribution in [0.4, 0.5) is 5.69 Å². The normalized spacial score (nSPS) is 9.30. The first kappa shape index (κ1) is 7.02. The molecule has 0 aromatic heterocycles. The van der Waals surface area contributed by atoms with Crippen LogP contribution >= 0.6 is 11.6 Å². The highest BCUT2D eigenvalue weighted by Crippen LogP contribution is 2.13. The molecule has 1 aromatic rings. The van der Waals surface area contributed by atoms with Gasteiger partial charge < -0.3 is 0 Å². The number of nitro groups is 1. The number of hydrogen-bond acceptors (Lipinski definition) is 2. The minimum absolute atomic E-state index is 0.00407. The first-order valence-corrected chi connectivity index (χ1v) is 2.89. The molecule has 0 atom stereocenters. The number of non-ortho nitro benzene ring substituents is 1. The Kier molecular flexibility index (Phi) is 1.87. The summed E-state index contributed by atoms with van der Waals surface area (Å²) in [5, 5.41) is 10.4. The Hall–Kier alpha value is -1.09. The lowest BCUT2D eigenvalue weighted by Gasteiger charge is -1.88. The van der Waals surface area contributed by atoms with Crippen LogP contribution < -0.4 is 0 Å². The molecule has 1 radical (unpaired) electrons. The zero-order chi connectivity index (χ0) is 7.56. The number of benzene rings is 1. The molecule has 0 saturated heterocycles. The highest BCUT2D eigenvalue weighted by Gasteiger charge is 2.01. The molecule has 1 aromatic carbocycles. The number of halogens is 1. The van der Waals surface area contributed by atoms with E-state index in [1.54, 1.807) is 0 Å². The van der Waals surface area contributed by atoms with E-state index in [0.29, 0.717) is 5.02 Å². The van der Waals surface area contributed by atoms with Crippen molar-refractivity contribution in [2.45, 2.75) is 0 Å². The second-order valence-electron chi connectivity index (χ2n) is 1.65. The molecule has 0 N–H and O–H groups in total. The fraction of sp³-hybridized carbons (Fsp3) is 0. The molecule has 0 bridgehead atoms. The van der Waals surface area contributed by atoms with Crippen LogP contribution in [0.1, 0.15) is 0 Å². The van der Waals surface area contributed by atoms with E-state index in [0.717, 1.165) is 0 Å². The fourth-order valence-electron chi connectivity index (χ4n) is 0.511. The Labute approximate surface area is 62.4 Å². The van der Waals surface area contributed by atoms with Gasteiger partial charge in [-0.3, -0.25) is 10.1 Å². The summed E-state index contributed by atoms with van der Waals surface area (Å²) in [5.41, 5.74) is 0.00407.